The van der Waals surface area contributed by atoms with Crippen molar-refractivity contribution in [3.8, 4) is 0 Å². The SMILES string of the molecule is CNc1nc2cc(C(=O)OC)ccc2c2c1nc(CCOC)n2Cc1ccc(CN)cc1. The minimum absolute atomic E-state index is 0.394. The summed E-state index contributed by atoms with van der Waals surface area (Å²) < 4.78 is 12.4. The normalized spacial score (nSPS) is 11.2. The Labute approximate surface area is 186 Å². The summed E-state index contributed by atoms with van der Waals surface area (Å²) in [4.78, 5) is 21.7. The van der Waals surface area contributed by atoms with E-state index in [1.165, 1.54) is 7.11 Å². The Morgan fingerprint density at radius 1 is 1.09 bits per heavy atom. The summed E-state index contributed by atoms with van der Waals surface area (Å²) in [6.45, 7) is 1.71. The van der Waals surface area contributed by atoms with Crippen molar-refractivity contribution in [2.24, 2.45) is 5.73 Å². The summed E-state index contributed by atoms with van der Waals surface area (Å²) in [7, 11) is 4.87. The molecule has 2 aromatic carbocycles. The highest BCUT2D eigenvalue weighted by Crippen LogP contribution is 2.31. The van der Waals surface area contributed by atoms with Crippen LogP contribution in [0.25, 0.3) is 21.9 Å². The van der Waals surface area contributed by atoms with E-state index in [2.05, 4.69) is 22.0 Å². The number of carbonyl (C=O) groups excluding carboxylic acids is 1. The number of benzene rings is 2. The molecule has 8 nitrogen and oxygen atoms in total. The summed E-state index contributed by atoms with van der Waals surface area (Å²) >= 11 is 0. The predicted molar refractivity (Wildman–Crippen MR) is 125 cm³/mol. The van der Waals surface area contributed by atoms with Gasteiger partial charge in [0.1, 0.15) is 11.3 Å². The Morgan fingerprint density at radius 2 is 1.84 bits per heavy atom. The number of ether oxygens (including phenoxy) is 2. The Morgan fingerprint density at radius 3 is 2.50 bits per heavy atom. The van der Waals surface area contributed by atoms with Crippen LogP contribution in [-0.4, -0.2) is 48.4 Å². The number of hydrogen-bond acceptors (Lipinski definition) is 7. The first kappa shape index (κ1) is 21.7. The van der Waals surface area contributed by atoms with E-state index >= 15 is 0 Å². The van der Waals surface area contributed by atoms with Crippen LogP contribution in [0.4, 0.5) is 5.82 Å². The van der Waals surface area contributed by atoms with E-state index in [0.717, 1.165) is 33.4 Å². The summed E-state index contributed by atoms with van der Waals surface area (Å²) in [6.07, 6.45) is 0.664. The van der Waals surface area contributed by atoms with Crippen LogP contribution in [0.3, 0.4) is 0 Å². The topological polar surface area (TPSA) is 104 Å². The molecule has 8 heteroatoms. The number of anilines is 1. The molecule has 0 atom stereocenters. The van der Waals surface area contributed by atoms with Gasteiger partial charge in [-0.15, -0.1) is 0 Å². The number of esters is 1. The third-order valence-electron chi connectivity index (χ3n) is 5.54. The molecule has 0 spiro atoms. The highest BCUT2D eigenvalue weighted by atomic mass is 16.5. The van der Waals surface area contributed by atoms with E-state index in [0.29, 0.717) is 43.0 Å². The third kappa shape index (κ3) is 4.02. The number of fused-ring (bicyclic) bond motifs is 3. The van der Waals surface area contributed by atoms with Crippen LogP contribution in [0.1, 0.15) is 27.3 Å². The van der Waals surface area contributed by atoms with Gasteiger partial charge in [0.25, 0.3) is 0 Å². The number of aromatic nitrogens is 3. The maximum Gasteiger partial charge on any atom is 0.337 e. The zero-order chi connectivity index (χ0) is 22.7. The molecule has 2 aromatic heterocycles. The molecule has 32 heavy (non-hydrogen) atoms. The maximum absolute atomic E-state index is 12.1. The largest absolute Gasteiger partial charge is 0.465 e. The zero-order valence-electron chi connectivity index (χ0n) is 18.5. The van der Waals surface area contributed by atoms with Gasteiger partial charge in [-0.3, -0.25) is 0 Å². The molecular formula is C24H27N5O3. The second-order valence-corrected chi connectivity index (χ2v) is 7.51. The lowest BCUT2D eigenvalue weighted by Gasteiger charge is -2.12. The van der Waals surface area contributed by atoms with Gasteiger partial charge >= 0.3 is 5.97 Å². The maximum atomic E-state index is 12.1. The molecule has 0 bridgehead atoms. The molecule has 0 amide bonds. The average Bonchev–Trinajstić information content (AvgIpc) is 3.19. The van der Waals surface area contributed by atoms with Gasteiger partial charge in [-0.1, -0.05) is 24.3 Å². The fourth-order valence-corrected chi connectivity index (χ4v) is 3.87. The van der Waals surface area contributed by atoms with Crippen molar-refractivity contribution in [3.05, 3.63) is 65.0 Å². The molecule has 0 saturated heterocycles. The second-order valence-electron chi connectivity index (χ2n) is 7.51. The van der Waals surface area contributed by atoms with Crippen LogP contribution in [0.15, 0.2) is 42.5 Å². The summed E-state index contributed by atoms with van der Waals surface area (Å²) in [5.74, 6) is 1.17. The number of rotatable bonds is 8. The van der Waals surface area contributed by atoms with Gasteiger partial charge in [0, 0.05) is 39.1 Å². The minimum Gasteiger partial charge on any atom is -0.465 e. The van der Waals surface area contributed by atoms with Gasteiger partial charge in [0.05, 0.1) is 30.3 Å². The van der Waals surface area contributed by atoms with E-state index in [1.807, 2.05) is 25.2 Å². The van der Waals surface area contributed by atoms with Gasteiger partial charge in [-0.05, 0) is 29.3 Å². The quantitative estimate of drug-likeness (QED) is 0.412. The molecule has 0 aliphatic rings. The van der Waals surface area contributed by atoms with Crippen molar-refractivity contribution in [3.63, 3.8) is 0 Å². The van der Waals surface area contributed by atoms with Crippen molar-refractivity contribution in [2.45, 2.75) is 19.5 Å². The van der Waals surface area contributed by atoms with E-state index in [4.69, 9.17) is 25.2 Å². The van der Waals surface area contributed by atoms with Crippen LogP contribution in [-0.2, 0) is 29.0 Å². The smallest absolute Gasteiger partial charge is 0.337 e. The zero-order valence-corrected chi connectivity index (χ0v) is 18.5. The van der Waals surface area contributed by atoms with Crippen molar-refractivity contribution in [1.82, 2.24) is 14.5 Å². The highest BCUT2D eigenvalue weighted by Gasteiger charge is 2.19. The molecule has 0 aliphatic carbocycles. The third-order valence-corrected chi connectivity index (χ3v) is 5.54. The molecule has 4 aromatic rings. The first-order chi connectivity index (χ1) is 15.6. The molecule has 2 heterocycles. The molecule has 0 saturated carbocycles. The number of imidazole rings is 1. The molecule has 0 radical (unpaired) electrons. The Bertz CT molecular complexity index is 1260. The van der Waals surface area contributed by atoms with Gasteiger partial charge in [-0.2, -0.15) is 0 Å². The summed E-state index contributed by atoms with van der Waals surface area (Å²) in [5.41, 5.74) is 10.9. The summed E-state index contributed by atoms with van der Waals surface area (Å²) in [6, 6.07) is 13.7. The van der Waals surface area contributed by atoms with Crippen LogP contribution >= 0.6 is 0 Å². The fourth-order valence-electron chi connectivity index (χ4n) is 3.87. The van der Waals surface area contributed by atoms with Crippen LogP contribution in [0.2, 0.25) is 0 Å². The molecule has 0 aliphatic heterocycles. The lowest BCUT2D eigenvalue weighted by atomic mass is 10.1. The fraction of sp³-hybridized carbons (Fsp3) is 0.292. The van der Waals surface area contributed by atoms with Crippen molar-refractivity contribution in [2.75, 3.05) is 33.2 Å². The van der Waals surface area contributed by atoms with E-state index in [1.54, 1.807) is 19.2 Å². The van der Waals surface area contributed by atoms with Gasteiger partial charge in [-0.25, -0.2) is 14.8 Å². The number of nitrogens with two attached hydrogens (primary N) is 1. The van der Waals surface area contributed by atoms with Gasteiger partial charge in [0.2, 0.25) is 0 Å². The minimum atomic E-state index is -0.394. The predicted octanol–water partition coefficient (Wildman–Crippen LogP) is 3.11. The van der Waals surface area contributed by atoms with Crippen LogP contribution in [0, 0.1) is 0 Å². The number of methoxy groups -OCH3 is 2. The Kier molecular flexibility index (Phi) is 6.34. The number of pyridine rings is 1. The Balaban J connectivity index is 1.94. The van der Waals surface area contributed by atoms with E-state index < -0.39 is 5.97 Å². The van der Waals surface area contributed by atoms with Gasteiger partial charge in [0.15, 0.2) is 5.82 Å². The number of nitrogens with one attached hydrogen (secondary N) is 1. The van der Waals surface area contributed by atoms with E-state index in [-0.39, 0.29) is 0 Å². The molecule has 4 rings (SSSR count). The average molecular weight is 434 g/mol. The van der Waals surface area contributed by atoms with Crippen LogP contribution in [0.5, 0.6) is 0 Å². The highest BCUT2D eigenvalue weighted by molar-refractivity contribution is 6.08. The standard InChI is InChI=1S/C24H27N5O3/c1-26-23-21-22(18-9-8-17(24(30)32-3)12-19(18)27-23)29(20(28-21)10-11-31-2)14-16-6-4-15(13-25)5-7-16/h4-9,12H,10-11,13-14,25H2,1-3H3,(H,26,27). The van der Waals surface area contributed by atoms with Crippen molar-refractivity contribution in [1.29, 1.82) is 0 Å². The lowest BCUT2D eigenvalue weighted by molar-refractivity contribution is 0.0601. The second kappa shape index (κ2) is 9.33. The first-order valence-corrected chi connectivity index (χ1v) is 10.4. The van der Waals surface area contributed by atoms with Crippen LogP contribution < -0.4 is 11.1 Å². The molecule has 0 unspecified atom stereocenters. The Hall–Kier alpha value is -3.49. The lowest BCUT2D eigenvalue weighted by Crippen LogP contribution is -2.08. The summed E-state index contributed by atoms with van der Waals surface area (Å²) in [5, 5.41) is 4.07. The van der Waals surface area contributed by atoms with E-state index in [9.17, 15) is 4.79 Å². The molecule has 3 N–H and O–H groups in total. The van der Waals surface area contributed by atoms with Gasteiger partial charge < -0.3 is 25.1 Å². The molecular weight excluding hydrogens is 406 g/mol. The first-order valence-electron chi connectivity index (χ1n) is 10.4. The monoisotopic (exact) mass is 433 g/mol. The molecule has 0 fully saturated rings. The van der Waals surface area contributed by atoms with Crippen molar-refractivity contribution < 1.29 is 14.3 Å². The number of carbonyl (C=O) groups is 1. The molecule has 166 valence electrons. The number of nitrogens with zero attached hydrogens (tertiary/aromatic N) is 3. The van der Waals surface area contributed by atoms with Crippen molar-refractivity contribution >= 4 is 33.7 Å². The number of hydrogen-bond donors (Lipinski definition) is 2.